The predicted molar refractivity (Wildman–Crippen MR) is 80.2 cm³/mol. The molecule has 0 bridgehead atoms. The highest BCUT2D eigenvalue weighted by Gasteiger charge is 2.45. The van der Waals surface area contributed by atoms with E-state index in [2.05, 4.69) is 30.9 Å². The quantitative estimate of drug-likeness (QED) is 0.837. The first kappa shape index (κ1) is 13.7. The van der Waals surface area contributed by atoms with Crippen molar-refractivity contribution in [2.24, 2.45) is 0 Å². The molecule has 3 aliphatic rings. The van der Waals surface area contributed by atoms with Crippen molar-refractivity contribution in [1.82, 2.24) is 9.88 Å². The first-order valence-corrected chi connectivity index (χ1v) is 8.14. The van der Waals surface area contributed by atoms with E-state index >= 15 is 0 Å². The lowest BCUT2D eigenvalue weighted by Crippen LogP contribution is -2.54. The molecule has 0 unspecified atom stereocenters. The van der Waals surface area contributed by atoms with Gasteiger partial charge in [-0.3, -0.25) is 9.88 Å². The number of pyridine rings is 1. The zero-order chi connectivity index (χ0) is 14.4. The predicted octanol–water partition coefficient (Wildman–Crippen LogP) is 2.43. The summed E-state index contributed by atoms with van der Waals surface area (Å²) in [7, 11) is 0. The molecule has 2 saturated heterocycles. The molecule has 4 heterocycles. The molecule has 3 aliphatic heterocycles. The third-order valence-corrected chi connectivity index (χ3v) is 5.27. The van der Waals surface area contributed by atoms with Crippen molar-refractivity contribution in [3.8, 4) is 0 Å². The van der Waals surface area contributed by atoms with Crippen LogP contribution in [0.4, 0.5) is 0 Å². The highest BCUT2D eigenvalue weighted by atomic mass is 16.5. The van der Waals surface area contributed by atoms with Crippen molar-refractivity contribution >= 4 is 0 Å². The molecule has 4 heteroatoms. The average Bonchev–Trinajstić information content (AvgIpc) is 2.78. The maximum Gasteiger partial charge on any atom is 0.113 e. The number of hydrogen-bond acceptors (Lipinski definition) is 4. The second-order valence-electron chi connectivity index (χ2n) is 6.91. The van der Waals surface area contributed by atoms with Gasteiger partial charge in [0.05, 0.1) is 31.6 Å². The number of nitrogens with zero attached hydrogens (tertiary/aromatic N) is 2. The minimum atomic E-state index is -0.124. The summed E-state index contributed by atoms with van der Waals surface area (Å²) in [5.41, 5.74) is 3.58. The maximum atomic E-state index is 6.25. The maximum absolute atomic E-state index is 6.25. The van der Waals surface area contributed by atoms with Gasteiger partial charge in [0, 0.05) is 24.3 Å². The number of piperidine rings is 1. The van der Waals surface area contributed by atoms with Gasteiger partial charge in [-0.2, -0.15) is 0 Å². The van der Waals surface area contributed by atoms with Gasteiger partial charge in [-0.25, -0.2) is 0 Å². The number of likely N-dealkylation sites (tertiary alicyclic amines) is 1. The van der Waals surface area contributed by atoms with Crippen LogP contribution in [-0.4, -0.2) is 42.2 Å². The van der Waals surface area contributed by atoms with Gasteiger partial charge >= 0.3 is 0 Å². The van der Waals surface area contributed by atoms with E-state index in [1.165, 1.54) is 17.0 Å². The van der Waals surface area contributed by atoms with Gasteiger partial charge in [0.2, 0.25) is 0 Å². The van der Waals surface area contributed by atoms with E-state index < -0.39 is 0 Å². The normalized spacial score (nSPS) is 25.3. The summed E-state index contributed by atoms with van der Waals surface area (Å²) in [6.45, 7) is 9.14. The van der Waals surface area contributed by atoms with Gasteiger partial charge in [-0.15, -0.1) is 0 Å². The summed E-state index contributed by atoms with van der Waals surface area (Å²) in [4.78, 5) is 7.52. The van der Waals surface area contributed by atoms with Gasteiger partial charge < -0.3 is 9.47 Å². The van der Waals surface area contributed by atoms with Gasteiger partial charge in [0.25, 0.3) is 0 Å². The van der Waals surface area contributed by atoms with Crippen molar-refractivity contribution in [3.63, 3.8) is 0 Å². The van der Waals surface area contributed by atoms with Crippen LogP contribution in [0.15, 0.2) is 12.1 Å². The molecule has 4 rings (SSSR count). The van der Waals surface area contributed by atoms with E-state index in [0.29, 0.717) is 12.0 Å². The number of aromatic nitrogens is 1. The Hall–Kier alpha value is -0.970. The summed E-state index contributed by atoms with van der Waals surface area (Å²) in [6, 6.07) is 5.02. The minimum Gasteiger partial charge on any atom is -0.378 e. The van der Waals surface area contributed by atoms with Crippen molar-refractivity contribution in [2.45, 2.75) is 50.9 Å². The zero-order valence-electron chi connectivity index (χ0n) is 13.0. The molecule has 0 radical (unpaired) electrons. The minimum absolute atomic E-state index is 0.124. The van der Waals surface area contributed by atoms with Crippen LogP contribution in [0.3, 0.4) is 0 Å². The fourth-order valence-electron chi connectivity index (χ4n) is 3.69. The molecule has 0 aromatic carbocycles. The van der Waals surface area contributed by atoms with E-state index in [1.807, 2.05) is 0 Å². The van der Waals surface area contributed by atoms with Crippen LogP contribution in [0, 0.1) is 0 Å². The van der Waals surface area contributed by atoms with Crippen molar-refractivity contribution < 1.29 is 9.47 Å². The molecule has 0 atom stereocenters. The van der Waals surface area contributed by atoms with Crippen LogP contribution >= 0.6 is 0 Å². The zero-order valence-corrected chi connectivity index (χ0v) is 13.0. The first-order chi connectivity index (χ1) is 10.2. The molecule has 0 saturated carbocycles. The third kappa shape index (κ3) is 2.20. The number of rotatable bonds is 2. The van der Waals surface area contributed by atoms with Crippen LogP contribution < -0.4 is 0 Å². The van der Waals surface area contributed by atoms with Gasteiger partial charge in [-0.1, -0.05) is 19.9 Å². The van der Waals surface area contributed by atoms with E-state index in [1.54, 1.807) is 0 Å². The smallest absolute Gasteiger partial charge is 0.113 e. The lowest BCUT2D eigenvalue weighted by molar-refractivity contribution is -0.120. The molecule has 114 valence electrons. The molecule has 2 fully saturated rings. The molecule has 0 N–H and O–H groups in total. The molecule has 1 aromatic heterocycles. The monoisotopic (exact) mass is 288 g/mol. The van der Waals surface area contributed by atoms with Gasteiger partial charge in [-0.05, 0) is 24.8 Å². The van der Waals surface area contributed by atoms with Crippen LogP contribution in [0.5, 0.6) is 0 Å². The summed E-state index contributed by atoms with van der Waals surface area (Å²) in [5, 5.41) is 0. The van der Waals surface area contributed by atoms with Gasteiger partial charge in [0.15, 0.2) is 0 Å². The molecule has 0 aliphatic carbocycles. The van der Waals surface area contributed by atoms with Crippen molar-refractivity contribution in [3.05, 3.63) is 29.1 Å². The SMILES string of the molecule is CC(C)c1ccc2c(n1)C1(CCN(C3COC3)CC1)OC2. The summed E-state index contributed by atoms with van der Waals surface area (Å²) in [5.74, 6) is 0.472. The second-order valence-corrected chi connectivity index (χ2v) is 6.91. The second kappa shape index (κ2) is 5.04. The lowest BCUT2D eigenvalue weighted by Gasteiger charge is -2.44. The molecule has 1 spiro atoms. The Morgan fingerprint density at radius 1 is 1.24 bits per heavy atom. The van der Waals surface area contributed by atoms with Crippen molar-refractivity contribution in [1.29, 1.82) is 0 Å². The molecular weight excluding hydrogens is 264 g/mol. The fourth-order valence-corrected chi connectivity index (χ4v) is 3.69. The lowest BCUT2D eigenvalue weighted by atomic mass is 9.86. The Bertz CT molecular complexity index is 532. The van der Waals surface area contributed by atoms with Gasteiger partial charge in [0.1, 0.15) is 5.60 Å². The van der Waals surface area contributed by atoms with Crippen molar-refractivity contribution in [2.75, 3.05) is 26.3 Å². The first-order valence-electron chi connectivity index (χ1n) is 8.14. The Labute approximate surface area is 126 Å². The summed E-state index contributed by atoms with van der Waals surface area (Å²) >= 11 is 0. The van der Waals surface area contributed by atoms with Crippen LogP contribution in [0.2, 0.25) is 0 Å². The molecule has 4 nitrogen and oxygen atoms in total. The standard InChI is InChI=1S/C17H24N2O2/c1-12(2)15-4-3-13-9-21-17(16(13)18-15)5-7-19(8-6-17)14-10-20-11-14/h3-4,12,14H,5-11H2,1-2H3. The van der Waals surface area contributed by atoms with Crippen LogP contribution in [0.25, 0.3) is 0 Å². The number of ether oxygens (including phenoxy) is 2. The number of hydrogen-bond donors (Lipinski definition) is 0. The Kier molecular flexibility index (Phi) is 3.28. The average molecular weight is 288 g/mol. The topological polar surface area (TPSA) is 34.6 Å². The molecular formula is C17H24N2O2. The van der Waals surface area contributed by atoms with Crippen LogP contribution in [0.1, 0.15) is 49.6 Å². The highest BCUT2D eigenvalue weighted by molar-refractivity contribution is 5.32. The Balaban J connectivity index is 1.56. The Morgan fingerprint density at radius 2 is 2.00 bits per heavy atom. The van der Waals surface area contributed by atoms with E-state index in [9.17, 15) is 0 Å². The molecule has 21 heavy (non-hydrogen) atoms. The molecule has 0 amide bonds. The Morgan fingerprint density at radius 3 is 2.62 bits per heavy atom. The third-order valence-electron chi connectivity index (χ3n) is 5.27. The van der Waals surface area contributed by atoms with E-state index in [0.717, 1.165) is 45.8 Å². The summed E-state index contributed by atoms with van der Waals surface area (Å²) < 4.78 is 11.6. The van der Waals surface area contributed by atoms with E-state index in [-0.39, 0.29) is 5.60 Å². The fraction of sp³-hybridized carbons (Fsp3) is 0.706. The highest BCUT2D eigenvalue weighted by Crippen LogP contribution is 2.44. The largest absolute Gasteiger partial charge is 0.378 e. The van der Waals surface area contributed by atoms with Crippen LogP contribution in [-0.2, 0) is 21.7 Å². The summed E-state index contributed by atoms with van der Waals surface area (Å²) in [6.07, 6.45) is 2.12. The molecule has 1 aromatic rings. The number of fused-ring (bicyclic) bond motifs is 2. The van der Waals surface area contributed by atoms with E-state index in [4.69, 9.17) is 14.5 Å².